The van der Waals surface area contributed by atoms with Crippen molar-refractivity contribution < 1.29 is 13.2 Å². The number of nitrogens with one attached hydrogen (secondary N) is 1. The summed E-state index contributed by atoms with van der Waals surface area (Å²) in [7, 11) is -3.50. The van der Waals surface area contributed by atoms with Crippen LogP contribution in [0.5, 0.6) is 0 Å². The molecule has 2 amide bonds. The number of sulfonamides is 1. The van der Waals surface area contributed by atoms with E-state index < -0.39 is 10.0 Å². The van der Waals surface area contributed by atoms with E-state index in [2.05, 4.69) is 19.2 Å². The Balaban J connectivity index is 2.00. The molecule has 0 unspecified atom stereocenters. The Labute approximate surface area is 151 Å². The van der Waals surface area contributed by atoms with Crippen LogP contribution in [-0.2, 0) is 16.4 Å². The molecule has 0 bridgehead atoms. The quantitative estimate of drug-likeness (QED) is 0.868. The second-order valence-corrected chi connectivity index (χ2v) is 9.18. The first-order chi connectivity index (χ1) is 11.7. The summed E-state index contributed by atoms with van der Waals surface area (Å²) in [5, 5.41) is 2.84. The summed E-state index contributed by atoms with van der Waals surface area (Å²) < 4.78 is 27.0. The molecule has 25 heavy (non-hydrogen) atoms. The average Bonchev–Trinajstić information content (AvgIpc) is 2.54. The maximum Gasteiger partial charge on any atom is 0.317 e. The smallest absolute Gasteiger partial charge is 0.317 e. The highest BCUT2D eigenvalue weighted by Crippen LogP contribution is 2.19. The fourth-order valence-corrected chi connectivity index (χ4v) is 4.31. The second-order valence-electron chi connectivity index (χ2n) is 7.24. The van der Waals surface area contributed by atoms with Crippen molar-refractivity contribution in [1.82, 2.24) is 14.5 Å². The van der Waals surface area contributed by atoms with Crippen LogP contribution in [0.25, 0.3) is 0 Å². The number of carbonyl (C=O) groups excluding carboxylic acids is 1. The van der Waals surface area contributed by atoms with Gasteiger partial charge in [0.25, 0.3) is 0 Å². The Morgan fingerprint density at radius 3 is 2.08 bits per heavy atom. The van der Waals surface area contributed by atoms with Crippen molar-refractivity contribution >= 4 is 16.1 Å². The van der Waals surface area contributed by atoms with Gasteiger partial charge >= 0.3 is 6.03 Å². The van der Waals surface area contributed by atoms with Gasteiger partial charge in [-0.2, -0.15) is 4.31 Å². The van der Waals surface area contributed by atoms with E-state index in [0.29, 0.717) is 37.0 Å². The lowest BCUT2D eigenvalue weighted by atomic mass is 10.0. The zero-order valence-electron chi connectivity index (χ0n) is 15.5. The van der Waals surface area contributed by atoms with Crippen molar-refractivity contribution in [3.63, 3.8) is 0 Å². The summed E-state index contributed by atoms with van der Waals surface area (Å²) >= 11 is 0. The molecular formula is C18H29N3O3S. The van der Waals surface area contributed by atoms with Crippen molar-refractivity contribution in [2.24, 2.45) is 5.92 Å². The molecule has 1 aromatic carbocycles. The molecule has 0 atom stereocenters. The van der Waals surface area contributed by atoms with E-state index in [1.165, 1.54) is 4.31 Å². The molecule has 7 heteroatoms. The Morgan fingerprint density at radius 2 is 1.60 bits per heavy atom. The number of hydrogen-bond donors (Lipinski definition) is 1. The molecule has 1 N–H and O–H groups in total. The zero-order chi connectivity index (χ0) is 18.6. The summed E-state index contributed by atoms with van der Waals surface area (Å²) in [5.41, 5.74) is 1.14. The molecule has 1 saturated heterocycles. The van der Waals surface area contributed by atoms with E-state index in [0.717, 1.165) is 12.0 Å². The van der Waals surface area contributed by atoms with Crippen LogP contribution in [0.1, 0.15) is 33.3 Å². The number of piperazine rings is 1. The summed E-state index contributed by atoms with van der Waals surface area (Å²) in [6.45, 7) is 9.54. The number of amides is 2. The number of urea groups is 1. The third kappa shape index (κ3) is 5.19. The molecule has 0 spiro atoms. The van der Waals surface area contributed by atoms with Gasteiger partial charge in [0, 0.05) is 32.2 Å². The highest BCUT2D eigenvalue weighted by molar-refractivity contribution is 7.89. The van der Waals surface area contributed by atoms with E-state index in [1.807, 2.05) is 26.0 Å². The van der Waals surface area contributed by atoms with Gasteiger partial charge in [0.2, 0.25) is 10.0 Å². The molecule has 2 rings (SSSR count). The van der Waals surface area contributed by atoms with Crippen molar-refractivity contribution in [1.29, 1.82) is 0 Å². The lowest BCUT2D eigenvalue weighted by molar-refractivity contribution is 0.170. The standard InChI is InChI=1S/C18H29N3O3S/c1-14(2)13-16-5-7-17(8-6-16)25(23,24)21-11-9-20(10-12-21)18(22)19-15(3)4/h5-8,14-15H,9-13H2,1-4H3,(H,19,22). The minimum atomic E-state index is -3.50. The maximum absolute atomic E-state index is 12.8. The first-order valence-electron chi connectivity index (χ1n) is 8.84. The topological polar surface area (TPSA) is 69.7 Å². The molecule has 1 aromatic rings. The lowest BCUT2D eigenvalue weighted by Gasteiger charge is -2.34. The van der Waals surface area contributed by atoms with Gasteiger partial charge in [-0.15, -0.1) is 0 Å². The number of rotatable bonds is 5. The minimum absolute atomic E-state index is 0.0682. The Kier molecular flexibility index (Phi) is 6.46. The first-order valence-corrected chi connectivity index (χ1v) is 10.3. The SMILES string of the molecule is CC(C)Cc1ccc(S(=O)(=O)N2CCN(C(=O)NC(C)C)CC2)cc1. The number of benzene rings is 1. The van der Waals surface area contributed by atoms with Crippen LogP contribution in [0.15, 0.2) is 29.2 Å². The fourth-order valence-electron chi connectivity index (χ4n) is 2.89. The molecule has 0 radical (unpaired) electrons. The van der Waals surface area contributed by atoms with E-state index in [4.69, 9.17) is 0 Å². The normalized spacial score (nSPS) is 16.5. The largest absolute Gasteiger partial charge is 0.336 e. The van der Waals surface area contributed by atoms with Crippen molar-refractivity contribution in [2.45, 2.75) is 45.1 Å². The Bertz CT molecular complexity index is 676. The molecule has 1 aliphatic heterocycles. The van der Waals surface area contributed by atoms with Gasteiger partial charge in [-0.1, -0.05) is 26.0 Å². The molecule has 0 aromatic heterocycles. The van der Waals surface area contributed by atoms with Crippen LogP contribution >= 0.6 is 0 Å². The average molecular weight is 368 g/mol. The van der Waals surface area contributed by atoms with Crippen LogP contribution in [-0.4, -0.2) is 55.9 Å². The van der Waals surface area contributed by atoms with Crippen LogP contribution in [0.3, 0.4) is 0 Å². The molecule has 140 valence electrons. The summed E-state index contributed by atoms with van der Waals surface area (Å²) in [4.78, 5) is 14.0. The molecule has 0 aliphatic carbocycles. The molecule has 0 saturated carbocycles. The van der Waals surface area contributed by atoms with Crippen LogP contribution < -0.4 is 5.32 Å². The second kappa shape index (κ2) is 8.19. The lowest BCUT2D eigenvalue weighted by Crippen LogP contribution is -2.53. The predicted octanol–water partition coefficient (Wildman–Crippen LogP) is 2.31. The Hall–Kier alpha value is -1.60. The fraction of sp³-hybridized carbons (Fsp3) is 0.611. The molecular weight excluding hydrogens is 338 g/mol. The third-order valence-electron chi connectivity index (χ3n) is 4.14. The molecule has 1 heterocycles. The Morgan fingerprint density at radius 1 is 1.04 bits per heavy atom. The molecule has 1 aliphatic rings. The summed E-state index contributed by atoms with van der Waals surface area (Å²) in [6.07, 6.45) is 0.934. The van der Waals surface area contributed by atoms with Gasteiger partial charge < -0.3 is 10.2 Å². The van der Waals surface area contributed by atoms with Gasteiger partial charge in [0.05, 0.1) is 4.90 Å². The highest BCUT2D eigenvalue weighted by Gasteiger charge is 2.30. The highest BCUT2D eigenvalue weighted by atomic mass is 32.2. The van der Waals surface area contributed by atoms with Gasteiger partial charge in [0.1, 0.15) is 0 Å². The minimum Gasteiger partial charge on any atom is -0.336 e. The number of nitrogens with zero attached hydrogens (tertiary/aromatic N) is 2. The van der Waals surface area contributed by atoms with E-state index >= 15 is 0 Å². The van der Waals surface area contributed by atoms with Gasteiger partial charge in [-0.05, 0) is 43.9 Å². The van der Waals surface area contributed by atoms with Gasteiger partial charge in [0.15, 0.2) is 0 Å². The van der Waals surface area contributed by atoms with E-state index in [9.17, 15) is 13.2 Å². The van der Waals surface area contributed by atoms with Crippen LogP contribution in [0.2, 0.25) is 0 Å². The number of carbonyl (C=O) groups is 1. The monoisotopic (exact) mass is 367 g/mol. The van der Waals surface area contributed by atoms with Crippen LogP contribution in [0, 0.1) is 5.92 Å². The summed E-state index contributed by atoms with van der Waals surface area (Å²) in [6, 6.07) is 7.08. The summed E-state index contributed by atoms with van der Waals surface area (Å²) in [5.74, 6) is 0.535. The van der Waals surface area contributed by atoms with E-state index in [-0.39, 0.29) is 12.1 Å². The maximum atomic E-state index is 12.8. The predicted molar refractivity (Wildman–Crippen MR) is 99.0 cm³/mol. The van der Waals surface area contributed by atoms with Gasteiger partial charge in [-0.3, -0.25) is 0 Å². The van der Waals surface area contributed by atoms with Crippen molar-refractivity contribution in [3.8, 4) is 0 Å². The van der Waals surface area contributed by atoms with Crippen molar-refractivity contribution in [2.75, 3.05) is 26.2 Å². The zero-order valence-corrected chi connectivity index (χ0v) is 16.3. The van der Waals surface area contributed by atoms with Gasteiger partial charge in [-0.25, -0.2) is 13.2 Å². The molecule has 6 nitrogen and oxygen atoms in total. The first kappa shape index (κ1) is 19.7. The van der Waals surface area contributed by atoms with Crippen LogP contribution in [0.4, 0.5) is 4.79 Å². The van der Waals surface area contributed by atoms with Crippen molar-refractivity contribution in [3.05, 3.63) is 29.8 Å². The molecule has 1 fully saturated rings. The third-order valence-corrected chi connectivity index (χ3v) is 6.06. The number of hydrogen-bond acceptors (Lipinski definition) is 3. The van der Waals surface area contributed by atoms with E-state index in [1.54, 1.807) is 17.0 Å².